The molecule has 0 saturated heterocycles. The number of halogens is 4. The van der Waals surface area contributed by atoms with Gasteiger partial charge in [0.05, 0.1) is 24.2 Å². The zero-order valence-electron chi connectivity index (χ0n) is 7.23. The average Bonchev–Trinajstić information content (AvgIpc) is 2.15. The van der Waals surface area contributed by atoms with Gasteiger partial charge in [0.25, 0.3) is 6.43 Å². The summed E-state index contributed by atoms with van der Waals surface area (Å²) >= 11 is 5.36. The number of aromatic nitrogens is 1. The fourth-order valence-corrected chi connectivity index (χ4v) is 1.26. The van der Waals surface area contributed by atoms with Gasteiger partial charge in [0.2, 0.25) is 5.95 Å². The van der Waals surface area contributed by atoms with Crippen molar-refractivity contribution in [3.8, 4) is 5.75 Å². The van der Waals surface area contributed by atoms with E-state index in [2.05, 4.69) is 9.72 Å². The SMILES string of the molecule is COc1cc(F)nc(CCl)c1C(F)F. The van der Waals surface area contributed by atoms with Crippen LogP contribution in [0.3, 0.4) is 0 Å². The maximum Gasteiger partial charge on any atom is 0.269 e. The zero-order valence-corrected chi connectivity index (χ0v) is 7.99. The summed E-state index contributed by atoms with van der Waals surface area (Å²) in [7, 11) is 1.18. The standard InChI is InChI=1S/C8H7ClF3NO/c1-14-5-2-6(10)13-4(3-9)7(5)8(11)12/h2,8H,3H2,1H3. The minimum absolute atomic E-state index is 0.196. The van der Waals surface area contributed by atoms with Crippen LogP contribution in [0.4, 0.5) is 13.2 Å². The van der Waals surface area contributed by atoms with Gasteiger partial charge in [0, 0.05) is 6.07 Å². The first kappa shape index (κ1) is 11.1. The number of hydrogen-bond donors (Lipinski definition) is 0. The molecular formula is C8H7ClF3NO. The maximum atomic E-state index is 12.8. The highest BCUT2D eigenvalue weighted by atomic mass is 35.5. The van der Waals surface area contributed by atoms with Crippen molar-refractivity contribution in [3.05, 3.63) is 23.3 Å². The lowest BCUT2D eigenvalue weighted by molar-refractivity contribution is 0.145. The third-order valence-electron chi connectivity index (χ3n) is 1.63. The van der Waals surface area contributed by atoms with Gasteiger partial charge in [0.1, 0.15) is 5.75 Å². The predicted octanol–water partition coefficient (Wildman–Crippen LogP) is 2.91. The molecule has 1 rings (SSSR count). The van der Waals surface area contributed by atoms with E-state index in [0.29, 0.717) is 0 Å². The molecule has 1 aromatic rings. The van der Waals surface area contributed by atoms with Crippen LogP contribution in [-0.2, 0) is 5.88 Å². The summed E-state index contributed by atoms with van der Waals surface area (Å²) < 4.78 is 42.3. The number of hydrogen-bond acceptors (Lipinski definition) is 2. The number of ether oxygens (including phenoxy) is 1. The van der Waals surface area contributed by atoms with Crippen LogP contribution in [0.2, 0.25) is 0 Å². The molecule has 0 atom stereocenters. The van der Waals surface area contributed by atoms with Crippen molar-refractivity contribution in [2.75, 3.05) is 7.11 Å². The van der Waals surface area contributed by atoms with Gasteiger partial charge in [-0.1, -0.05) is 0 Å². The lowest BCUT2D eigenvalue weighted by Crippen LogP contribution is -2.02. The Morgan fingerprint density at radius 1 is 1.57 bits per heavy atom. The molecular weight excluding hydrogens is 219 g/mol. The first-order chi connectivity index (χ1) is 6.60. The van der Waals surface area contributed by atoms with E-state index in [1.54, 1.807) is 0 Å². The molecule has 0 unspecified atom stereocenters. The van der Waals surface area contributed by atoms with E-state index in [0.717, 1.165) is 6.07 Å². The van der Waals surface area contributed by atoms with E-state index in [1.165, 1.54) is 7.11 Å². The van der Waals surface area contributed by atoms with Crippen molar-refractivity contribution in [2.24, 2.45) is 0 Å². The molecule has 0 fully saturated rings. The Morgan fingerprint density at radius 2 is 2.21 bits per heavy atom. The summed E-state index contributed by atoms with van der Waals surface area (Å²) in [6.07, 6.45) is -2.79. The molecule has 0 saturated carbocycles. The Balaban J connectivity index is 3.33. The molecule has 1 heterocycles. The van der Waals surface area contributed by atoms with Crippen LogP contribution in [0.25, 0.3) is 0 Å². The van der Waals surface area contributed by atoms with Gasteiger partial charge in [-0.2, -0.15) is 4.39 Å². The van der Waals surface area contributed by atoms with Crippen molar-refractivity contribution < 1.29 is 17.9 Å². The van der Waals surface area contributed by atoms with E-state index in [-0.39, 0.29) is 17.3 Å². The Bertz CT molecular complexity index is 307. The molecule has 0 bridgehead atoms. The van der Waals surface area contributed by atoms with E-state index >= 15 is 0 Å². The predicted molar refractivity (Wildman–Crippen MR) is 45.3 cm³/mol. The number of alkyl halides is 3. The van der Waals surface area contributed by atoms with Gasteiger partial charge >= 0.3 is 0 Å². The van der Waals surface area contributed by atoms with Gasteiger partial charge in [0.15, 0.2) is 0 Å². The molecule has 1 aromatic heterocycles. The molecule has 0 amide bonds. The van der Waals surface area contributed by atoms with Crippen molar-refractivity contribution in [1.29, 1.82) is 0 Å². The Morgan fingerprint density at radius 3 is 2.64 bits per heavy atom. The fraction of sp³-hybridized carbons (Fsp3) is 0.375. The highest BCUT2D eigenvalue weighted by molar-refractivity contribution is 6.17. The van der Waals surface area contributed by atoms with E-state index in [4.69, 9.17) is 11.6 Å². The summed E-state index contributed by atoms with van der Waals surface area (Å²) in [6, 6.07) is 0.803. The summed E-state index contributed by atoms with van der Waals surface area (Å²) in [5, 5.41) is 0. The maximum absolute atomic E-state index is 12.8. The fourth-order valence-electron chi connectivity index (χ4n) is 1.05. The normalized spacial score (nSPS) is 10.7. The summed E-state index contributed by atoms with van der Waals surface area (Å²) in [5.41, 5.74) is -0.651. The van der Waals surface area contributed by atoms with Gasteiger partial charge in [-0.25, -0.2) is 13.8 Å². The lowest BCUT2D eigenvalue weighted by atomic mass is 10.2. The van der Waals surface area contributed by atoms with E-state index in [1.807, 2.05) is 0 Å². The molecule has 0 aliphatic carbocycles. The van der Waals surface area contributed by atoms with E-state index in [9.17, 15) is 13.2 Å². The smallest absolute Gasteiger partial charge is 0.269 e. The van der Waals surface area contributed by atoms with Gasteiger partial charge < -0.3 is 4.74 Å². The molecule has 78 valence electrons. The largest absolute Gasteiger partial charge is 0.496 e. The third-order valence-corrected chi connectivity index (χ3v) is 1.89. The zero-order chi connectivity index (χ0) is 10.7. The van der Waals surface area contributed by atoms with Crippen LogP contribution in [-0.4, -0.2) is 12.1 Å². The number of methoxy groups -OCH3 is 1. The molecule has 0 radical (unpaired) electrons. The number of nitrogens with zero attached hydrogens (tertiary/aromatic N) is 1. The molecule has 0 N–H and O–H groups in total. The molecule has 0 aliphatic rings. The van der Waals surface area contributed by atoms with Crippen molar-refractivity contribution in [3.63, 3.8) is 0 Å². The first-order valence-electron chi connectivity index (χ1n) is 3.67. The molecule has 0 aliphatic heterocycles. The van der Waals surface area contributed by atoms with Crippen LogP contribution in [0, 0.1) is 5.95 Å². The second-order valence-corrected chi connectivity index (χ2v) is 2.71. The molecule has 6 heteroatoms. The van der Waals surface area contributed by atoms with Gasteiger partial charge in [-0.3, -0.25) is 0 Å². The van der Waals surface area contributed by atoms with Crippen LogP contribution in [0.5, 0.6) is 5.75 Å². The second kappa shape index (κ2) is 4.50. The minimum atomic E-state index is -2.79. The van der Waals surface area contributed by atoms with Crippen LogP contribution in [0.1, 0.15) is 17.7 Å². The van der Waals surface area contributed by atoms with Crippen molar-refractivity contribution in [1.82, 2.24) is 4.98 Å². The van der Waals surface area contributed by atoms with Crippen LogP contribution in [0.15, 0.2) is 6.07 Å². The third kappa shape index (κ3) is 2.09. The summed E-state index contributed by atoms with van der Waals surface area (Å²) in [6.45, 7) is 0. The molecule has 2 nitrogen and oxygen atoms in total. The summed E-state index contributed by atoms with van der Waals surface area (Å²) in [5.74, 6) is -1.40. The highest BCUT2D eigenvalue weighted by Gasteiger charge is 2.20. The Hall–Kier alpha value is -0.970. The van der Waals surface area contributed by atoms with Crippen molar-refractivity contribution >= 4 is 11.6 Å². The van der Waals surface area contributed by atoms with E-state index < -0.39 is 17.9 Å². The van der Waals surface area contributed by atoms with Crippen molar-refractivity contribution in [2.45, 2.75) is 12.3 Å². The monoisotopic (exact) mass is 225 g/mol. The summed E-state index contributed by atoms with van der Waals surface area (Å²) in [4.78, 5) is 3.26. The Kier molecular flexibility index (Phi) is 3.57. The lowest BCUT2D eigenvalue weighted by Gasteiger charge is -2.10. The second-order valence-electron chi connectivity index (χ2n) is 2.44. The number of pyridine rings is 1. The highest BCUT2D eigenvalue weighted by Crippen LogP contribution is 2.32. The Labute approximate surface area is 83.7 Å². The van der Waals surface area contributed by atoms with Crippen LogP contribution < -0.4 is 4.74 Å². The topological polar surface area (TPSA) is 22.1 Å². The van der Waals surface area contributed by atoms with Crippen LogP contribution >= 0.6 is 11.6 Å². The molecule has 0 aromatic carbocycles. The minimum Gasteiger partial charge on any atom is -0.496 e. The number of rotatable bonds is 3. The first-order valence-corrected chi connectivity index (χ1v) is 4.21. The molecule has 0 spiro atoms. The molecule has 14 heavy (non-hydrogen) atoms. The average molecular weight is 226 g/mol. The van der Waals surface area contributed by atoms with Gasteiger partial charge in [-0.05, 0) is 0 Å². The van der Waals surface area contributed by atoms with Gasteiger partial charge in [-0.15, -0.1) is 11.6 Å². The quantitative estimate of drug-likeness (QED) is 0.583.